The molecule has 2 heterocycles. The molecule has 1 fully saturated rings. The van der Waals surface area contributed by atoms with Crippen LogP contribution in [-0.2, 0) is 4.74 Å². The van der Waals surface area contributed by atoms with Crippen molar-refractivity contribution in [3.8, 4) is 0 Å². The predicted molar refractivity (Wildman–Crippen MR) is 132 cm³/mol. The fourth-order valence-electron chi connectivity index (χ4n) is 2.93. The summed E-state index contributed by atoms with van der Waals surface area (Å²) < 4.78 is 5.33. The molecule has 170 valence electrons. The molecule has 0 radical (unpaired) electrons. The lowest BCUT2D eigenvalue weighted by molar-refractivity contribution is 0.0507. The number of carbonyl (C=O) groups excluding carboxylic acids is 2. The Balaban J connectivity index is 0.00000450. The van der Waals surface area contributed by atoms with Gasteiger partial charge in [-0.2, -0.15) is 0 Å². The van der Waals surface area contributed by atoms with Gasteiger partial charge in [-0.15, -0.1) is 35.3 Å². The third-order valence-corrected chi connectivity index (χ3v) is 5.04. The van der Waals surface area contributed by atoms with Gasteiger partial charge in [0.05, 0.1) is 10.9 Å². The van der Waals surface area contributed by atoms with Crippen molar-refractivity contribution in [2.45, 2.75) is 52.2 Å². The van der Waals surface area contributed by atoms with Crippen LogP contribution in [0.2, 0.25) is 0 Å². The minimum absolute atomic E-state index is 0. The number of alkyl carbamates (subject to hydrolysis) is 1. The monoisotopic (exact) mass is 551 g/mol. The molecule has 1 unspecified atom stereocenters. The molecule has 1 aromatic rings. The van der Waals surface area contributed by atoms with Gasteiger partial charge in [-0.1, -0.05) is 6.07 Å². The number of carbonyl (C=O) groups is 2. The molecular weight excluding hydrogens is 517 g/mol. The molecule has 0 spiro atoms. The van der Waals surface area contributed by atoms with Crippen LogP contribution < -0.4 is 16.0 Å². The normalized spacial score (nSPS) is 16.6. The number of thiophene rings is 1. The number of rotatable bonds is 7. The number of hydrogen-bond acceptors (Lipinski definition) is 5. The number of halogens is 1. The van der Waals surface area contributed by atoms with Gasteiger partial charge in [-0.05, 0) is 52.0 Å². The Kier molecular flexibility index (Phi) is 11.5. The SMILES string of the molecule is CCNC(=NCCCNC(=O)c1cccs1)N1CCC(NC(=O)OC(C)(C)C)C1.I. The first-order chi connectivity index (χ1) is 13.8. The van der Waals surface area contributed by atoms with Crippen LogP contribution in [0.15, 0.2) is 22.5 Å². The van der Waals surface area contributed by atoms with E-state index < -0.39 is 5.60 Å². The molecule has 0 bridgehead atoms. The number of likely N-dealkylation sites (tertiary alicyclic amines) is 1. The van der Waals surface area contributed by atoms with E-state index in [4.69, 9.17) is 4.74 Å². The van der Waals surface area contributed by atoms with Crippen LogP contribution in [0.1, 0.15) is 50.2 Å². The zero-order valence-corrected chi connectivity index (χ0v) is 21.3. The molecule has 0 saturated carbocycles. The number of nitrogens with zero attached hydrogens (tertiary/aromatic N) is 2. The molecule has 10 heteroatoms. The molecule has 2 rings (SSSR count). The van der Waals surface area contributed by atoms with Gasteiger partial charge in [0, 0.05) is 32.7 Å². The molecule has 1 aromatic heterocycles. The zero-order valence-electron chi connectivity index (χ0n) is 18.2. The van der Waals surface area contributed by atoms with E-state index >= 15 is 0 Å². The highest BCUT2D eigenvalue weighted by atomic mass is 127. The number of ether oxygens (including phenoxy) is 1. The van der Waals surface area contributed by atoms with E-state index in [1.807, 2.05) is 45.2 Å². The minimum atomic E-state index is -0.502. The molecule has 1 saturated heterocycles. The summed E-state index contributed by atoms with van der Waals surface area (Å²) in [6.07, 6.45) is 1.23. The van der Waals surface area contributed by atoms with E-state index in [2.05, 4.69) is 25.8 Å². The second-order valence-corrected chi connectivity index (χ2v) is 8.85. The van der Waals surface area contributed by atoms with Crippen LogP contribution in [0.3, 0.4) is 0 Å². The third-order valence-electron chi connectivity index (χ3n) is 4.17. The molecule has 3 N–H and O–H groups in total. The standard InChI is InChI=1S/C20H33N5O3S.HI/c1-5-21-18(23-11-7-10-22-17(26)16-8-6-13-29-16)25-12-9-15(14-25)24-19(27)28-20(2,3)4;/h6,8,13,15H,5,7,9-12,14H2,1-4H3,(H,21,23)(H,22,26)(H,24,27);1H. The first-order valence-corrected chi connectivity index (χ1v) is 11.0. The van der Waals surface area contributed by atoms with E-state index in [9.17, 15) is 9.59 Å². The largest absolute Gasteiger partial charge is 0.444 e. The van der Waals surface area contributed by atoms with Crippen LogP contribution in [0, 0.1) is 0 Å². The maximum atomic E-state index is 12.0. The lowest BCUT2D eigenvalue weighted by Crippen LogP contribution is -2.44. The summed E-state index contributed by atoms with van der Waals surface area (Å²) in [6, 6.07) is 3.73. The Morgan fingerprint density at radius 2 is 2.10 bits per heavy atom. The van der Waals surface area contributed by atoms with Crippen molar-refractivity contribution in [3.05, 3.63) is 22.4 Å². The van der Waals surface area contributed by atoms with Gasteiger partial charge >= 0.3 is 6.09 Å². The van der Waals surface area contributed by atoms with Crippen molar-refractivity contribution >= 4 is 53.3 Å². The summed E-state index contributed by atoms with van der Waals surface area (Å²) in [5, 5.41) is 11.0. The van der Waals surface area contributed by atoms with Crippen LogP contribution in [-0.4, -0.2) is 67.2 Å². The van der Waals surface area contributed by atoms with E-state index in [-0.39, 0.29) is 42.0 Å². The van der Waals surface area contributed by atoms with Crippen LogP contribution in [0.4, 0.5) is 4.79 Å². The van der Waals surface area contributed by atoms with Gasteiger partial charge in [0.25, 0.3) is 5.91 Å². The summed E-state index contributed by atoms with van der Waals surface area (Å²) >= 11 is 1.44. The molecule has 2 amide bonds. The Hall–Kier alpha value is -1.56. The van der Waals surface area contributed by atoms with Crippen molar-refractivity contribution < 1.29 is 14.3 Å². The molecule has 8 nitrogen and oxygen atoms in total. The van der Waals surface area contributed by atoms with E-state index in [0.29, 0.717) is 19.6 Å². The fraction of sp³-hybridized carbons (Fsp3) is 0.650. The van der Waals surface area contributed by atoms with Crippen molar-refractivity contribution in [1.82, 2.24) is 20.9 Å². The average molecular weight is 551 g/mol. The number of nitrogens with one attached hydrogen (secondary N) is 3. The quantitative estimate of drug-likeness (QED) is 0.210. The highest BCUT2D eigenvalue weighted by Crippen LogP contribution is 2.12. The maximum Gasteiger partial charge on any atom is 0.407 e. The number of amides is 2. The first-order valence-electron chi connectivity index (χ1n) is 10.1. The smallest absolute Gasteiger partial charge is 0.407 e. The number of aliphatic imine (C=N–C) groups is 1. The summed E-state index contributed by atoms with van der Waals surface area (Å²) in [6.45, 7) is 11.1. The fourth-order valence-corrected chi connectivity index (χ4v) is 3.57. The Morgan fingerprint density at radius 1 is 1.33 bits per heavy atom. The van der Waals surface area contributed by atoms with Gasteiger partial charge < -0.3 is 25.6 Å². The molecular formula is C20H34IN5O3S. The highest BCUT2D eigenvalue weighted by molar-refractivity contribution is 14.0. The van der Waals surface area contributed by atoms with Crippen LogP contribution in [0.5, 0.6) is 0 Å². The molecule has 1 aliphatic rings. The Bertz CT molecular complexity index is 691. The second kappa shape index (κ2) is 13.0. The van der Waals surface area contributed by atoms with Crippen LogP contribution in [0.25, 0.3) is 0 Å². The summed E-state index contributed by atoms with van der Waals surface area (Å²) in [5.74, 6) is 0.803. The number of guanidine groups is 1. The van der Waals surface area contributed by atoms with E-state index in [1.54, 1.807) is 0 Å². The summed E-state index contributed by atoms with van der Waals surface area (Å²) in [5.41, 5.74) is -0.502. The number of hydrogen-bond donors (Lipinski definition) is 3. The highest BCUT2D eigenvalue weighted by Gasteiger charge is 2.27. The van der Waals surface area contributed by atoms with E-state index in [0.717, 1.165) is 36.8 Å². The van der Waals surface area contributed by atoms with Gasteiger partial charge in [0.15, 0.2) is 5.96 Å². The second-order valence-electron chi connectivity index (χ2n) is 7.90. The van der Waals surface area contributed by atoms with Gasteiger partial charge in [-0.25, -0.2) is 4.79 Å². The molecule has 0 aliphatic carbocycles. The third kappa shape index (κ3) is 9.50. The Morgan fingerprint density at radius 3 is 2.73 bits per heavy atom. The lowest BCUT2D eigenvalue weighted by atomic mass is 10.2. The van der Waals surface area contributed by atoms with Gasteiger partial charge in [0.1, 0.15) is 5.60 Å². The van der Waals surface area contributed by atoms with Crippen molar-refractivity contribution in [2.75, 3.05) is 32.7 Å². The Labute approximate surface area is 200 Å². The van der Waals surface area contributed by atoms with Crippen molar-refractivity contribution in [3.63, 3.8) is 0 Å². The van der Waals surface area contributed by atoms with E-state index in [1.165, 1.54) is 11.3 Å². The first kappa shape index (κ1) is 26.5. The predicted octanol–water partition coefficient (Wildman–Crippen LogP) is 3.05. The summed E-state index contributed by atoms with van der Waals surface area (Å²) in [7, 11) is 0. The zero-order chi connectivity index (χ0) is 21.3. The molecule has 0 aromatic carbocycles. The topological polar surface area (TPSA) is 95.1 Å². The van der Waals surface area contributed by atoms with Gasteiger partial charge in [0.2, 0.25) is 0 Å². The van der Waals surface area contributed by atoms with Crippen molar-refractivity contribution in [1.29, 1.82) is 0 Å². The van der Waals surface area contributed by atoms with Gasteiger partial charge in [-0.3, -0.25) is 9.79 Å². The summed E-state index contributed by atoms with van der Waals surface area (Å²) in [4.78, 5) is 31.4. The van der Waals surface area contributed by atoms with Crippen molar-refractivity contribution in [2.24, 2.45) is 4.99 Å². The minimum Gasteiger partial charge on any atom is -0.444 e. The molecule has 1 atom stereocenters. The maximum absolute atomic E-state index is 12.0. The lowest BCUT2D eigenvalue weighted by Gasteiger charge is -2.23. The molecule has 1 aliphatic heterocycles. The average Bonchev–Trinajstić information content (AvgIpc) is 3.30. The molecule has 30 heavy (non-hydrogen) atoms. The van der Waals surface area contributed by atoms with Crippen LogP contribution >= 0.6 is 35.3 Å².